The first kappa shape index (κ1) is 18.3. The van der Waals surface area contributed by atoms with Crippen molar-refractivity contribution in [3.8, 4) is 11.5 Å². The molecule has 0 saturated carbocycles. The minimum Gasteiger partial charge on any atom is -0.493 e. The number of benzene rings is 2. The van der Waals surface area contributed by atoms with E-state index in [4.69, 9.17) is 9.47 Å². The molecule has 1 unspecified atom stereocenters. The Morgan fingerprint density at radius 3 is 2.31 bits per heavy atom. The van der Waals surface area contributed by atoms with Crippen LogP contribution in [-0.4, -0.2) is 44.7 Å². The molecule has 1 amide bonds. The van der Waals surface area contributed by atoms with Crippen LogP contribution in [0.25, 0.3) is 0 Å². The summed E-state index contributed by atoms with van der Waals surface area (Å²) in [6.07, 6.45) is 0.891. The fourth-order valence-corrected chi connectivity index (χ4v) is 3.45. The average Bonchev–Trinajstić information content (AvgIpc) is 2.71. The summed E-state index contributed by atoms with van der Waals surface area (Å²) in [6.45, 7) is 3.55. The summed E-state index contributed by atoms with van der Waals surface area (Å²) in [5, 5.41) is 0. The van der Waals surface area contributed by atoms with Crippen molar-refractivity contribution in [3.63, 3.8) is 0 Å². The maximum Gasteiger partial charge on any atom is 0.243 e. The molecule has 0 fully saturated rings. The molecule has 1 aliphatic rings. The van der Waals surface area contributed by atoms with Gasteiger partial charge in [-0.15, -0.1) is 0 Å². The molecular weight excluding hydrogens is 328 g/mol. The van der Waals surface area contributed by atoms with Crippen LogP contribution in [0.4, 0.5) is 5.69 Å². The van der Waals surface area contributed by atoms with Gasteiger partial charge in [0.15, 0.2) is 11.5 Å². The number of anilines is 1. The topological polar surface area (TPSA) is 42.0 Å². The van der Waals surface area contributed by atoms with Crippen LogP contribution in [-0.2, 0) is 17.8 Å². The molecule has 1 aliphatic heterocycles. The van der Waals surface area contributed by atoms with Crippen LogP contribution in [0.2, 0.25) is 0 Å². The van der Waals surface area contributed by atoms with Gasteiger partial charge in [-0.2, -0.15) is 0 Å². The lowest BCUT2D eigenvalue weighted by Crippen LogP contribution is -2.47. The fraction of sp³-hybridized carbons (Fsp3) is 0.381. The van der Waals surface area contributed by atoms with Crippen LogP contribution in [0.5, 0.6) is 11.5 Å². The van der Waals surface area contributed by atoms with E-state index in [1.54, 1.807) is 19.1 Å². The van der Waals surface area contributed by atoms with Crippen molar-refractivity contribution < 1.29 is 14.3 Å². The Hall–Kier alpha value is -2.53. The molecule has 3 rings (SSSR count). The smallest absolute Gasteiger partial charge is 0.243 e. The minimum atomic E-state index is -0.193. The van der Waals surface area contributed by atoms with Gasteiger partial charge in [0.2, 0.25) is 5.91 Å². The molecule has 0 saturated heterocycles. The van der Waals surface area contributed by atoms with E-state index in [9.17, 15) is 4.79 Å². The molecule has 0 radical (unpaired) electrons. The Kier molecular flexibility index (Phi) is 5.47. The summed E-state index contributed by atoms with van der Waals surface area (Å²) in [5.74, 6) is 1.58. The quantitative estimate of drug-likeness (QED) is 0.827. The maximum absolute atomic E-state index is 12.9. The van der Waals surface area contributed by atoms with E-state index < -0.39 is 0 Å². The lowest BCUT2D eigenvalue weighted by molar-refractivity contribution is -0.123. The fourth-order valence-electron chi connectivity index (χ4n) is 3.45. The lowest BCUT2D eigenvalue weighted by atomic mass is 9.97. The normalized spacial score (nSPS) is 15.1. The summed E-state index contributed by atoms with van der Waals surface area (Å²) >= 11 is 0. The van der Waals surface area contributed by atoms with Crippen molar-refractivity contribution >= 4 is 11.6 Å². The summed E-state index contributed by atoms with van der Waals surface area (Å²) in [5.41, 5.74) is 3.36. The third-order valence-corrected chi connectivity index (χ3v) is 5.13. The number of rotatable bonds is 5. The Bertz CT molecular complexity index is 776. The molecule has 2 aromatic carbocycles. The van der Waals surface area contributed by atoms with E-state index >= 15 is 0 Å². The van der Waals surface area contributed by atoms with Crippen molar-refractivity contribution in [3.05, 3.63) is 53.6 Å². The molecule has 2 aromatic rings. The molecule has 5 nitrogen and oxygen atoms in total. The monoisotopic (exact) mass is 354 g/mol. The van der Waals surface area contributed by atoms with Crippen LogP contribution in [0, 0.1) is 0 Å². The van der Waals surface area contributed by atoms with E-state index in [1.165, 1.54) is 11.1 Å². The molecular formula is C21H26N2O3. The number of carbonyl (C=O) groups is 1. The Balaban J connectivity index is 1.76. The molecule has 0 N–H and O–H groups in total. The van der Waals surface area contributed by atoms with Gasteiger partial charge in [0.05, 0.1) is 20.3 Å². The van der Waals surface area contributed by atoms with E-state index in [0.717, 1.165) is 36.7 Å². The predicted octanol–water partition coefficient (Wildman–Crippen LogP) is 3.11. The zero-order valence-corrected chi connectivity index (χ0v) is 15.9. The second kappa shape index (κ2) is 7.79. The van der Waals surface area contributed by atoms with E-state index in [0.29, 0.717) is 0 Å². The van der Waals surface area contributed by atoms with Crippen LogP contribution in [0.15, 0.2) is 42.5 Å². The first-order valence-electron chi connectivity index (χ1n) is 8.85. The Labute approximate surface area is 155 Å². The van der Waals surface area contributed by atoms with Crippen LogP contribution >= 0.6 is 0 Å². The van der Waals surface area contributed by atoms with Gasteiger partial charge >= 0.3 is 0 Å². The second-order valence-electron chi connectivity index (χ2n) is 6.61. The number of nitrogens with zero attached hydrogens (tertiary/aromatic N) is 2. The number of hydrogen-bond donors (Lipinski definition) is 0. The maximum atomic E-state index is 12.9. The standard InChI is InChI=1S/C21H26N2O3/c1-15(21(24)22(2)18-8-6-5-7-9-18)23-11-10-16-12-19(25-3)20(26-4)13-17(16)14-23/h5-9,12-13,15H,10-11,14H2,1-4H3. The number of hydrogen-bond acceptors (Lipinski definition) is 4. The third kappa shape index (κ3) is 3.53. The Morgan fingerprint density at radius 1 is 1.08 bits per heavy atom. The lowest BCUT2D eigenvalue weighted by Gasteiger charge is -2.35. The Morgan fingerprint density at radius 2 is 1.69 bits per heavy atom. The van der Waals surface area contributed by atoms with Crippen molar-refractivity contribution in [1.29, 1.82) is 0 Å². The van der Waals surface area contributed by atoms with Crippen LogP contribution in [0.1, 0.15) is 18.1 Å². The number of para-hydroxylation sites is 1. The number of amides is 1. The summed E-state index contributed by atoms with van der Waals surface area (Å²) in [7, 11) is 5.13. The van der Waals surface area contributed by atoms with Crippen LogP contribution in [0.3, 0.4) is 0 Å². The van der Waals surface area contributed by atoms with E-state index in [-0.39, 0.29) is 11.9 Å². The average molecular weight is 354 g/mol. The van der Waals surface area contributed by atoms with Gasteiger partial charge in [0.25, 0.3) is 0 Å². The van der Waals surface area contributed by atoms with Gasteiger partial charge in [-0.1, -0.05) is 18.2 Å². The largest absolute Gasteiger partial charge is 0.493 e. The van der Waals surface area contributed by atoms with Gasteiger partial charge in [-0.05, 0) is 48.7 Å². The first-order chi connectivity index (χ1) is 12.5. The highest BCUT2D eigenvalue weighted by atomic mass is 16.5. The molecule has 1 atom stereocenters. The van der Waals surface area contributed by atoms with Crippen molar-refractivity contribution in [2.24, 2.45) is 0 Å². The van der Waals surface area contributed by atoms with E-state index in [1.807, 2.05) is 56.4 Å². The molecule has 0 bridgehead atoms. The van der Waals surface area contributed by atoms with Gasteiger partial charge < -0.3 is 14.4 Å². The number of fused-ring (bicyclic) bond motifs is 1. The predicted molar refractivity (Wildman–Crippen MR) is 103 cm³/mol. The molecule has 1 heterocycles. The van der Waals surface area contributed by atoms with E-state index in [2.05, 4.69) is 4.90 Å². The highest BCUT2D eigenvalue weighted by Crippen LogP contribution is 2.33. The zero-order valence-electron chi connectivity index (χ0n) is 15.9. The molecule has 26 heavy (non-hydrogen) atoms. The molecule has 138 valence electrons. The molecule has 0 aromatic heterocycles. The second-order valence-corrected chi connectivity index (χ2v) is 6.61. The molecule has 0 spiro atoms. The van der Waals surface area contributed by atoms with Gasteiger partial charge in [0, 0.05) is 25.8 Å². The summed E-state index contributed by atoms with van der Waals surface area (Å²) in [4.78, 5) is 16.9. The SMILES string of the molecule is COc1cc2c(cc1OC)CN(C(C)C(=O)N(C)c1ccccc1)CC2. The van der Waals surface area contributed by atoms with Gasteiger partial charge in [-0.3, -0.25) is 9.69 Å². The summed E-state index contributed by atoms with van der Waals surface area (Å²) < 4.78 is 10.8. The van der Waals surface area contributed by atoms with Crippen molar-refractivity contribution in [1.82, 2.24) is 4.90 Å². The number of methoxy groups -OCH3 is 2. The van der Waals surface area contributed by atoms with Crippen molar-refractivity contribution in [2.75, 3.05) is 32.7 Å². The zero-order chi connectivity index (χ0) is 18.7. The first-order valence-corrected chi connectivity index (χ1v) is 8.85. The minimum absolute atomic E-state index is 0.0973. The highest BCUT2D eigenvalue weighted by Gasteiger charge is 2.28. The third-order valence-electron chi connectivity index (χ3n) is 5.13. The highest BCUT2D eigenvalue weighted by molar-refractivity contribution is 5.96. The molecule has 0 aliphatic carbocycles. The molecule has 5 heteroatoms. The van der Waals surface area contributed by atoms with Crippen LogP contribution < -0.4 is 14.4 Å². The number of likely N-dealkylation sites (N-methyl/N-ethyl adjacent to an activating group) is 1. The number of ether oxygens (including phenoxy) is 2. The van der Waals surface area contributed by atoms with Crippen molar-refractivity contribution in [2.45, 2.75) is 25.9 Å². The summed E-state index contributed by atoms with van der Waals surface area (Å²) in [6, 6.07) is 13.6. The number of carbonyl (C=O) groups excluding carboxylic acids is 1. The van der Waals surface area contributed by atoms with Gasteiger partial charge in [0.1, 0.15) is 0 Å². The van der Waals surface area contributed by atoms with Gasteiger partial charge in [-0.25, -0.2) is 0 Å².